The number of carbonyl (C=O) groups excluding carboxylic acids is 1. The number of hydrogen-bond acceptors (Lipinski definition) is 6. The van der Waals surface area contributed by atoms with Crippen LogP contribution in [0.5, 0.6) is 0 Å². The minimum atomic E-state index is -0.732. The second-order valence-corrected chi connectivity index (χ2v) is 5.42. The molecule has 0 aliphatic rings. The Kier molecular flexibility index (Phi) is 5.18. The Balaban J connectivity index is 2.32. The highest BCUT2D eigenvalue weighted by Crippen LogP contribution is 2.28. The number of ether oxygens (including phenoxy) is 1. The number of nitro groups is 1. The summed E-state index contributed by atoms with van der Waals surface area (Å²) >= 11 is 0. The lowest BCUT2D eigenvalue weighted by Crippen LogP contribution is -2.09. The Hall–Kier alpha value is -2.90. The van der Waals surface area contributed by atoms with Crippen LogP contribution in [0.15, 0.2) is 18.3 Å². The van der Waals surface area contributed by atoms with Gasteiger partial charge in [0.15, 0.2) is 0 Å². The van der Waals surface area contributed by atoms with Crippen molar-refractivity contribution in [2.75, 3.05) is 12.4 Å². The van der Waals surface area contributed by atoms with Crippen LogP contribution in [0, 0.1) is 17.0 Å². The maximum absolute atomic E-state index is 11.9. The Labute approximate surface area is 139 Å². The molecule has 0 saturated heterocycles. The molecule has 0 spiro atoms. The molecule has 0 aliphatic carbocycles. The number of nitrogens with one attached hydrogen (secondary N) is 1. The summed E-state index contributed by atoms with van der Waals surface area (Å²) in [7, 11) is 3.05. The summed E-state index contributed by atoms with van der Waals surface area (Å²) in [6.45, 7) is 4.13. The number of nitro benzene ring substituents is 1. The van der Waals surface area contributed by atoms with E-state index in [-0.39, 0.29) is 11.3 Å². The van der Waals surface area contributed by atoms with Gasteiger partial charge < -0.3 is 10.1 Å². The Morgan fingerprint density at radius 2 is 2.17 bits per heavy atom. The van der Waals surface area contributed by atoms with E-state index in [0.717, 1.165) is 17.7 Å². The molecule has 0 saturated carbocycles. The van der Waals surface area contributed by atoms with Gasteiger partial charge in [0.2, 0.25) is 0 Å². The number of hydrogen-bond donors (Lipinski definition) is 1. The monoisotopic (exact) mass is 332 g/mol. The maximum Gasteiger partial charge on any atom is 0.344 e. The van der Waals surface area contributed by atoms with Crippen LogP contribution in [0.2, 0.25) is 0 Å². The van der Waals surface area contributed by atoms with Crippen LogP contribution in [-0.2, 0) is 24.8 Å². The second kappa shape index (κ2) is 7.12. The van der Waals surface area contributed by atoms with Crippen LogP contribution >= 0.6 is 0 Å². The molecule has 1 aromatic carbocycles. The molecular formula is C16H20N4O4. The van der Waals surface area contributed by atoms with E-state index >= 15 is 0 Å². The lowest BCUT2D eigenvalue weighted by molar-refractivity contribution is -0.385. The Bertz CT molecular complexity index is 783. The Morgan fingerprint density at radius 1 is 1.46 bits per heavy atom. The molecule has 2 aromatic rings. The first-order valence-electron chi connectivity index (χ1n) is 7.50. The van der Waals surface area contributed by atoms with Gasteiger partial charge in [-0.15, -0.1) is 0 Å². The van der Waals surface area contributed by atoms with Gasteiger partial charge in [-0.05, 0) is 25.5 Å². The predicted octanol–water partition coefficient (Wildman–Crippen LogP) is 2.60. The summed E-state index contributed by atoms with van der Waals surface area (Å²) in [5.41, 5.74) is 2.74. The molecule has 1 aromatic heterocycles. The summed E-state index contributed by atoms with van der Waals surface area (Å²) in [5, 5.41) is 18.8. The van der Waals surface area contributed by atoms with Gasteiger partial charge >= 0.3 is 5.97 Å². The summed E-state index contributed by atoms with van der Waals surface area (Å²) < 4.78 is 6.40. The highest BCUT2D eigenvalue weighted by Gasteiger charge is 2.24. The molecule has 2 rings (SSSR count). The lowest BCUT2D eigenvalue weighted by atomic mass is 10.1. The smallest absolute Gasteiger partial charge is 0.344 e. The molecule has 8 nitrogen and oxygen atoms in total. The summed E-state index contributed by atoms with van der Waals surface area (Å²) in [6, 6.07) is 3.09. The van der Waals surface area contributed by atoms with Crippen molar-refractivity contribution in [2.45, 2.75) is 26.8 Å². The van der Waals surface area contributed by atoms with E-state index in [2.05, 4.69) is 15.2 Å². The van der Waals surface area contributed by atoms with Gasteiger partial charge in [0.1, 0.15) is 5.56 Å². The number of carbonyl (C=O) groups is 1. The van der Waals surface area contributed by atoms with Crippen LogP contribution in [0.1, 0.15) is 34.1 Å². The third kappa shape index (κ3) is 3.53. The van der Waals surface area contributed by atoms with Crippen molar-refractivity contribution in [3.8, 4) is 0 Å². The second-order valence-electron chi connectivity index (χ2n) is 5.42. The number of benzene rings is 1. The highest BCUT2D eigenvalue weighted by atomic mass is 16.6. The van der Waals surface area contributed by atoms with Crippen molar-refractivity contribution in [2.24, 2.45) is 7.05 Å². The largest absolute Gasteiger partial charge is 0.465 e. The minimum Gasteiger partial charge on any atom is -0.465 e. The predicted molar refractivity (Wildman–Crippen MR) is 89.1 cm³/mol. The van der Waals surface area contributed by atoms with Crippen molar-refractivity contribution >= 4 is 17.3 Å². The number of anilines is 1. The zero-order valence-electron chi connectivity index (χ0n) is 14.1. The molecule has 0 fully saturated rings. The first-order chi connectivity index (χ1) is 11.4. The van der Waals surface area contributed by atoms with Gasteiger partial charge in [-0.3, -0.25) is 14.8 Å². The summed E-state index contributed by atoms with van der Waals surface area (Å²) in [5.74, 6) is -0.732. The molecule has 0 amide bonds. The Morgan fingerprint density at radius 3 is 2.75 bits per heavy atom. The molecule has 24 heavy (non-hydrogen) atoms. The van der Waals surface area contributed by atoms with Crippen molar-refractivity contribution in [3.63, 3.8) is 0 Å². The molecule has 1 N–H and O–H groups in total. The van der Waals surface area contributed by atoms with E-state index < -0.39 is 10.9 Å². The van der Waals surface area contributed by atoms with Gasteiger partial charge in [-0.2, -0.15) is 5.10 Å². The molecule has 0 radical (unpaired) electrons. The zero-order valence-corrected chi connectivity index (χ0v) is 14.1. The third-order valence-corrected chi connectivity index (χ3v) is 3.70. The average molecular weight is 332 g/mol. The number of methoxy groups -OCH3 is 1. The van der Waals surface area contributed by atoms with E-state index in [1.807, 2.05) is 20.2 Å². The lowest BCUT2D eigenvalue weighted by Gasteiger charge is -2.10. The SMILES string of the molecule is CCc1nn(C)cc1CNc1cc(C)c([N+](=O)[O-])c(C(=O)OC)c1. The van der Waals surface area contributed by atoms with Crippen molar-refractivity contribution in [3.05, 3.63) is 50.8 Å². The number of aromatic nitrogens is 2. The van der Waals surface area contributed by atoms with E-state index in [0.29, 0.717) is 17.8 Å². The highest BCUT2D eigenvalue weighted by molar-refractivity contribution is 5.95. The topological polar surface area (TPSA) is 99.3 Å². The fraction of sp³-hybridized carbons (Fsp3) is 0.375. The van der Waals surface area contributed by atoms with Gasteiger partial charge in [-0.25, -0.2) is 4.79 Å². The number of aryl methyl sites for hydroxylation is 3. The molecule has 0 atom stereocenters. The molecule has 1 heterocycles. The van der Waals surface area contributed by atoms with Gasteiger partial charge in [-0.1, -0.05) is 6.92 Å². The number of nitrogens with zero attached hydrogens (tertiary/aromatic N) is 3. The zero-order chi connectivity index (χ0) is 17.9. The van der Waals surface area contributed by atoms with E-state index in [9.17, 15) is 14.9 Å². The van der Waals surface area contributed by atoms with Crippen LogP contribution < -0.4 is 5.32 Å². The molecule has 8 heteroatoms. The summed E-state index contributed by atoms with van der Waals surface area (Å²) in [4.78, 5) is 22.5. The van der Waals surface area contributed by atoms with E-state index in [4.69, 9.17) is 0 Å². The first-order valence-corrected chi connectivity index (χ1v) is 7.50. The minimum absolute atomic E-state index is 0.0631. The fourth-order valence-corrected chi connectivity index (χ4v) is 2.62. The maximum atomic E-state index is 11.9. The van der Waals surface area contributed by atoms with Gasteiger partial charge in [0.25, 0.3) is 5.69 Å². The molecule has 0 aliphatic heterocycles. The molecule has 128 valence electrons. The normalized spacial score (nSPS) is 10.5. The number of rotatable bonds is 6. The fourth-order valence-electron chi connectivity index (χ4n) is 2.62. The molecule has 0 unspecified atom stereocenters. The van der Waals surface area contributed by atoms with Crippen LogP contribution in [0.4, 0.5) is 11.4 Å². The van der Waals surface area contributed by atoms with E-state index in [1.165, 1.54) is 13.2 Å². The number of esters is 1. The van der Waals surface area contributed by atoms with Gasteiger partial charge in [0, 0.05) is 36.6 Å². The van der Waals surface area contributed by atoms with Crippen LogP contribution in [0.3, 0.4) is 0 Å². The third-order valence-electron chi connectivity index (χ3n) is 3.70. The molecular weight excluding hydrogens is 312 g/mol. The van der Waals surface area contributed by atoms with Crippen LogP contribution in [-0.4, -0.2) is 27.8 Å². The first kappa shape index (κ1) is 17.5. The average Bonchev–Trinajstić information content (AvgIpc) is 2.91. The summed E-state index contributed by atoms with van der Waals surface area (Å²) in [6.07, 6.45) is 2.73. The van der Waals surface area contributed by atoms with Crippen molar-refractivity contribution in [1.82, 2.24) is 9.78 Å². The van der Waals surface area contributed by atoms with Gasteiger partial charge in [0.05, 0.1) is 17.7 Å². The van der Waals surface area contributed by atoms with E-state index in [1.54, 1.807) is 17.7 Å². The van der Waals surface area contributed by atoms with Crippen molar-refractivity contribution in [1.29, 1.82) is 0 Å². The standard InChI is InChI=1S/C16H20N4O4/c1-5-14-11(9-19(3)18-14)8-17-12-6-10(2)15(20(22)23)13(7-12)16(21)24-4/h6-7,9,17H,5,8H2,1-4H3. The van der Waals surface area contributed by atoms with Crippen molar-refractivity contribution < 1.29 is 14.5 Å². The van der Waals surface area contributed by atoms with Crippen LogP contribution in [0.25, 0.3) is 0 Å². The molecule has 0 bridgehead atoms. The quantitative estimate of drug-likeness (QED) is 0.496.